The van der Waals surface area contributed by atoms with Gasteiger partial charge in [0, 0.05) is 10.4 Å². The average Bonchev–Trinajstić information content (AvgIpc) is 2.80. The summed E-state index contributed by atoms with van der Waals surface area (Å²) >= 11 is 12.2. The second-order valence-corrected chi connectivity index (χ2v) is 7.04. The van der Waals surface area contributed by atoms with Crippen molar-refractivity contribution in [1.82, 2.24) is 4.57 Å². The van der Waals surface area contributed by atoms with Crippen LogP contribution in [0.25, 0.3) is 10.9 Å². The molecule has 0 amide bonds. The molecule has 0 saturated heterocycles. The molecule has 8 heteroatoms. The van der Waals surface area contributed by atoms with Crippen molar-refractivity contribution in [2.24, 2.45) is 0 Å². The first-order chi connectivity index (χ1) is 11.6. The highest BCUT2D eigenvalue weighted by molar-refractivity contribution is 6.40. The molecule has 0 bridgehead atoms. The Balaban J connectivity index is 2.88. The van der Waals surface area contributed by atoms with E-state index in [4.69, 9.17) is 32.7 Å². The molecule has 0 spiro atoms. The van der Waals surface area contributed by atoms with Crippen molar-refractivity contribution in [2.75, 3.05) is 6.61 Å². The third-order valence-corrected chi connectivity index (χ3v) is 3.70. The van der Waals surface area contributed by atoms with Crippen LogP contribution >= 0.6 is 23.2 Å². The van der Waals surface area contributed by atoms with Gasteiger partial charge in [-0.1, -0.05) is 23.2 Å². The van der Waals surface area contributed by atoms with Gasteiger partial charge in [0.1, 0.15) is 11.3 Å². The zero-order valence-corrected chi connectivity index (χ0v) is 15.7. The molecule has 0 aliphatic heterocycles. The molecule has 0 atom stereocenters. The van der Waals surface area contributed by atoms with Crippen molar-refractivity contribution >= 4 is 52.5 Å². The van der Waals surface area contributed by atoms with Crippen LogP contribution < -0.4 is 0 Å². The van der Waals surface area contributed by atoms with Gasteiger partial charge in [0.25, 0.3) is 0 Å². The number of ether oxygens (including phenoxy) is 2. The van der Waals surface area contributed by atoms with E-state index in [1.165, 1.54) is 12.1 Å². The van der Waals surface area contributed by atoms with Gasteiger partial charge in [-0.05, 0) is 39.8 Å². The number of aldehydes is 1. The lowest BCUT2D eigenvalue weighted by molar-refractivity contribution is 0.0452. The van der Waals surface area contributed by atoms with Crippen LogP contribution in [-0.2, 0) is 9.47 Å². The fourth-order valence-electron chi connectivity index (χ4n) is 2.37. The zero-order chi connectivity index (χ0) is 18.9. The van der Waals surface area contributed by atoms with Crippen molar-refractivity contribution in [3.8, 4) is 0 Å². The summed E-state index contributed by atoms with van der Waals surface area (Å²) in [7, 11) is 0. The molecule has 2 aromatic rings. The Kier molecular flexibility index (Phi) is 5.44. The van der Waals surface area contributed by atoms with E-state index in [9.17, 15) is 14.4 Å². The predicted molar refractivity (Wildman–Crippen MR) is 94.9 cm³/mol. The molecule has 0 fully saturated rings. The summed E-state index contributed by atoms with van der Waals surface area (Å²) in [6.07, 6.45) is -0.387. The lowest BCUT2D eigenvalue weighted by Crippen LogP contribution is -2.29. The molecule has 0 aliphatic carbocycles. The van der Waals surface area contributed by atoms with E-state index in [-0.39, 0.29) is 38.8 Å². The van der Waals surface area contributed by atoms with Gasteiger partial charge < -0.3 is 9.47 Å². The van der Waals surface area contributed by atoms with Crippen molar-refractivity contribution in [3.05, 3.63) is 33.4 Å². The predicted octanol–water partition coefficient (Wildman–Crippen LogP) is 4.72. The Labute approximate surface area is 154 Å². The summed E-state index contributed by atoms with van der Waals surface area (Å²) in [4.78, 5) is 36.7. The number of fused-ring (bicyclic) bond motifs is 1. The molecule has 1 aromatic carbocycles. The Hall–Kier alpha value is -2.05. The largest absolute Gasteiger partial charge is 0.461 e. The third kappa shape index (κ3) is 3.80. The summed E-state index contributed by atoms with van der Waals surface area (Å²) in [5.41, 5.74) is -0.924. The Bertz CT molecular complexity index is 864. The number of hydrogen-bond donors (Lipinski definition) is 0. The normalized spacial score (nSPS) is 11.4. The lowest BCUT2D eigenvalue weighted by Gasteiger charge is -2.20. The summed E-state index contributed by atoms with van der Waals surface area (Å²) in [5, 5.41) is 0.611. The molecule has 0 N–H and O–H groups in total. The number of esters is 1. The molecule has 25 heavy (non-hydrogen) atoms. The second kappa shape index (κ2) is 7.06. The van der Waals surface area contributed by atoms with E-state index in [0.717, 1.165) is 4.57 Å². The van der Waals surface area contributed by atoms with Crippen molar-refractivity contribution < 1.29 is 23.9 Å². The number of rotatable bonds is 3. The van der Waals surface area contributed by atoms with Gasteiger partial charge in [-0.2, -0.15) is 0 Å². The van der Waals surface area contributed by atoms with Crippen LogP contribution in [0.4, 0.5) is 4.79 Å². The van der Waals surface area contributed by atoms with Gasteiger partial charge in [-0.25, -0.2) is 14.2 Å². The monoisotopic (exact) mass is 385 g/mol. The van der Waals surface area contributed by atoms with E-state index < -0.39 is 17.7 Å². The molecule has 1 aromatic heterocycles. The van der Waals surface area contributed by atoms with Crippen LogP contribution in [0, 0.1) is 0 Å². The molecule has 1 heterocycles. The first-order valence-corrected chi connectivity index (χ1v) is 8.25. The van der Waals surface area contributed by atoms with Crippen molar-refractivity contribution in [2.45, 2.75) is 33.3 Å². The van der Waals surface area contributed by atoms with Gasteiger partial charge in [0.2, 0.25) is 0 Å². The SMILES string of the molecule is CCOC(=O)c1c(C=O)c2c(Cl)cc(Cl)cc2n1C(=O)OC(C)(C)C. The van der Waals surface area contributed by atoms with Crippen LogP contribution in [0.3, 0.4) is 0 Å². The summed E-state index contributed by atoms with van der Waals surface area (Å²) in [6.45, 7) is 6.73. The second-order valence-electron chi connectivity index (χ2n) is 6.20. The quantitative estimate of drug-likeness (QED) is 0.564. The minimum absolute atomic E-state index is 0.0547. The first-order valence-electron chi connectivity index (χ1n) is 7.49. The number of aromatic nitrogens is 1. The molecular weight excluding hydrogens is 369 g/mol. The summed E-state index contributed by atoms with van der Waals surface area (Å²) in [5.74, 6) is -0.834. The minimum atomic E-state index is -0.841. The van der Waals surface area contributed by atoms with Crippen LogP contribution in [0.1, 0.15) is 48.5 Å². The Morgan fingerprint density at radius 3 is 2.40 bits per heavy atom. The highest BCUT2D eigenvalue weighted by atomic mass is 35.5. The smallest absolute Gasteiger partial charge is 0.419 e. The maximum Gasteiger partial charge on any atom is 0.419 e. The average molecular weight is 386 g/mol. The zero-order valence-electron chi connectivity index (χ0n) is 14.2. The van der Waals surface area contributed by atoms with Gasteiger partial charge >= 0.3 is 12.1 Å². The van der Waals surface area contributed by atoms with E-state index >= 15 is 0 Å². The van der Waals surface area contributed by atoms with Crippen molar-refractivity contribution in [3.63, 3.8) is 0 Å². The highest BCUT2D eigenvalue weighted by Gasteiger charge is 2.31. The van der Waals surface area contributed by atoms with E-state index in [1.54, 1.807) is 27.7 Å². The maximum absolute atomic E-state index is 12.7. The van der Waals surface area contributed by atoms with Crippen LogP contribution in [-0.4, -0.2) is 35.1 Å². The minimum Gasteiger partial charge on any atom is -0.461 e. The molecule has 6 nitrogen and oxygen atoms in total. The molecule has 0 radical (unpaired) electrons. The summed E-state index contributed by atoms with van der Waals surface area (Å²) < 4.78 is 11.3. The topological polar surface area (TPSA) is 74.6 Å². The van der Waals surface area contributed by atoms with E-state index in [1.807, 2.05) is 0 Å². The molecule has 2 rings (SSSR count). The van der Waals surface area contributed by atoms with Crippen molar-refractivity contribution in [1.29, 1.82) is 0 Å². The van der Waals surface area contributed by atoms with Gasteiger partial charge in [-0.3, -0.25) is 4.79 Å². The molecule has 134 valence electrons. The van der Waals surface area contributed by atoms with E-state index in [2.05, 4.69) is 0 Å². The number of nitrogens with zero attached hydrogens (tertiary/aromatic N) is 1. The number of hydrogen-bond acceptors (Lipinski definition) is 5. The first kappa shape index (κ1) is 19.3. The maximum atomic E-state index is 12.7. The highest BCUT2D eigenvalue weighted by Crippen LogP contribution is 2.35. The van der Waals surface area contributed by atoms with Crippen LogP contribution in [0.2, 0.25) is 10.0 Å². The van der Waals surface area contributed by atoms with E-state index in [0.29, 0.717) is 6.29 Å². The molecule has 0 aliphatic rings. The number of benzene rings is 1. The standard InChI is InChI=1S/C17H17Cl2NO5/c1-5-24-15(22)14-10(8-21)13-11(19)6-9(18)7-12(13)20(14)16(23)25-17(2,3)4/h6-8H,5H2,1-4H3. The molecule has 0 unspecified atom stereocenters. The van der Waals surface area contributed by atoms with Crippen LogP contribution in [0.5, 0.6) is 0 Å². The summed E-state index contributed by atoms with van der Waals surface area (Å²) in [6, 6.07) is 2.86. The number of carbonyl (C=O) groups is 3. The van der Waals surface area contributed by atoms with Gasteiger partial charge in [0.05, 0.1) is 22.7 Å². The third-order valence-electron chi connectivity index (χ3n) is 3.19. The van der Waals surface area contributed by atoms with Crippen LogP contribution in [0.15, 0.2) is 12.1 Å². The fourth-order valence-corrected chi connectivity index (χ4v) is 2.96. The van der Waals surface area contributed by atoms with Gasteiger partial charge in [-0.15, -0.1) is 0 Å². The van der Waals surface area contributed by atoms with Gasteiger partial charge in [0.15, 0.2) is 6.29 Å². The fraction of sp³-hybridized carbons (Fsp3) is 0.353. The molecular formula is C17H17Cl2NO5. The number of carbonyl (C=O) groups excluding carboxylic acids is 3. The number of halogens is 2. The Morgan fingerprint density at radius 1 is 1.24 bits per heavy atom. The lowest BCUT2D eigenvalue weighted by atomic mass is 10.1. The Morgan fingerprint density at radius 2 is 1.88 bits per heavy atom. The molecule has 0 saturated carbocycles.